The molecule has 0 aromatic carbocycles. The van der Waals surface area contributed by atoms with Crippen LogP contribution in [0.15, 0.2) is 0 Å². The Balaban J connectivity index is 3.90. The van der Waals surface area contributed by atoms with Gasteiger partial charge < -0.3 is 15.5 Å². The van der Waals surface area contributed by atoms with E-state index in [0.29, 0.717) is 13.1 Å². The fourth-order valence-corrected chi connectivity index (χ4v) is 1.35. The highest BCUT2D eigenvalue weighted by Crippen LogP contribution is 1.98. The minimum Gasteiger partial charge on any atom is -0.359 e. The first-order valence-electron chi connectivity index (χ1n) is 5.69. The van der Waals surface area contributed by atoms with Crippen molar-refractivity contribution in [3.8, 4) is 0 Å². The van der Waals surface area contributed by atoms with Crippen molar-refractivity contribution in [2.24, 2.45) is 5.92 Å². The molecule has 0 radical (unpaired) electrons. The van der Waals surface area contributed by atoms with E-state index in [9.17, 15) is 9.59 Å². The van der Waals surface area contributed by atoms with E-state index in [4.69, 9.17) is 0 Å². The van der Waals surface area contributed by atoms with Crippen molar-refractivity contribution >= 4 is 11.8 Å². The predicted molar refractivity (Wildman–Crippen MR) is 64.0 cm³/mol. The van der Waals surface area contributed by atoms with Crippen LogP contribution in [0, 0.1) is 5.92 Å². The van der Waals surface area contributed by atoms with E-state index in [1.807, 2.05) is 6.92 Å². The van der Waals surface area contributed by atoms with Crippen LogP contribution in [0.4, 0.5) is 0 Å². The van der Waals surface area contributed by atoms with Gasteiger partial charge in [-0.2, -0.15) is 0 Å². The van der Waals surface area contributed by atoms with Gasteiger partial charge in [-0.3, -0.25) is 9.59 Å². The average molecular weight is 229 g/mol. The largest absolute Gasteiger partial charge is 0.359 e. The van der Waals surface area contributed by atoms with Crippen molar-refractivity contribution in [1.82, 2.24) is 15.5 Å². The van der Waals surface area contributed by atoms with E-state index >= 15 is 0 Å². The fraction of sp³-hybridized carbons (Fsp3) is 0.818. The Morgan fingerprint density at radius 1 is 1.38 bits per heavy atom. The zero-order valence-corrected chi connectivity index (χ0v) is 10.7. The Kier molecular flexibility index (Phi) is 7.54. The van der Waals surface area contributed by atoms with Crippen molar-refractivity contribution in [3.05, 3.63) is 0 Å². The summed E-state index contributed by atoms with van der Waals surface area (Å²) in [5, 5.41) is 5.61. The van der Waals surface area contributed by atoms with Crippen LogP contribution in [-0.2, 0) is 9.59 Å². The van der Waals surface area contributed by atoms with Crippen molar-refractivity contribution in [1.29, 1.82) is 0 Å². The third-order valence-corrected chi connectivity index (χ3v) is 2.37. The van der Waals surface area contributed by atoms with Crippen LogP contribution < -0.4 is 10.6 Å². The number of nitrogens with zero attached hydrogens (tertiary/aromatic N) is 1. The fourth-order valence-electron chi connectivity index (χ4n) is 1.35. The number of nitrogens with one attached hydrogen (secondary N) is 2. The first-order valence-corrected chi connectivity index (χ1v) is 5.69. The smallest absolute Gasteiger partial charge is 0.236 e. The summed E-state index contributed by atoms with van der Waals surface area (Å²) in [5.74, 6) is -0.199. The van der Waals surface area contributed by atoms with Crippen LogP contribution >= 0.6 is 0 Å². The molecule has 0 saturated carbocycles. The highest BCUT2D eigenvalue weighted by molar-refractivity contribution is 5.81. The molecule has 0 aliphatic heterocycles. The van der Waals surface area contributed by atoms with Crippen LogP contribution in [0.2, 0.25) is 0 Å². The molecular formula is C11H23N3O2. The summed E-state index contributed by atoms with van der Waals surface area (Å²) in [4.78, 5) is 24.4. The van der Waals surface area contributed by atoms with Gasteiger partial charge in [-0.25, -0.2) is 0 Å². The second kappa shape index (κ2) is 8.10. The Labute approximate surface area is 97.6 Å². The zero-order valence-electron chi connectivity index (χ0n) is 10.7. The molecule has 0 aliphatic carbocycles. The van der Waals surface area contributed by atoms with Gasteiger partial charge in [-0.1, -0.05) is 13.8 Å². The standard InChI is InChI=1S/C11H23N3O2/c1-5-6-13-7-10(15)14(4)8-9(2)11(16)12-3/h9,13H,5-8H2,1-4H3,(H,12,16). The van der Waals surface area contributed by atoms with Gasteiger partial charge in [0.25, 0.3) is 0 Å². The number of likely N-dealkylation sites (N-methyl/N-ethyl adjacent to an activating group) is 1. The zero-order chi connectivity index (χ0) is 12.6. The Hall–Kier alpha value is -1.10. The van der Waals surface area contributed by atoms with Gasteiger partial charge in [-0.05, 0) is 13.0 Å². The van der Waals surface area contributed by atoms with Crippen LogP contribution in [0.25, 0.3) is 0 Å². The lowest BCUT2D eigenvalue weighted by Crippen LogP contribution is -2.41. The van der Waals surface area contributed by atoms with Crippen molar-refractivity contribution < 1.29 is 9.59 Å². The molecule has 0 rings (SSSR count). The summed E-state index contributed by atoms with van der Waals surface area (Å²) in [5.41, 5.74) is 0. The second-order valence-corrected chi connectivity index (χ2v) is 3.97. The van der Waals surface area contributed by atoms with Crippen LogP contribution in [0.5, 0.6) is 0 Å². The molecule has 0 spiro atoms. The van der Waals surface area contributed by atoms with Gasteiger partial charge in [-0.15, -0.1) is 0 Å². The minimum absolute atomic E-state index is 0.0178. The second-order valence-electron chi connectivity index (χ2n) is 3.97. The lowest BCUT2D eigenvalue weighted by Gasteiger charge is -2.20. The van der Waals surface area contributed by atoms with E-state index in [2.05, 4.69) is 17.6 Å². The Morgan fingerprint density at radius 2 is 2.00 bits per heavy atom. The molecule has 0 aromatic rings. The number of amides is 2. The molecule has 94 valence electrons. The summed E-state index contributed by atoms with van der Waals surface area (Å²) in [6.45, 7) is 5.48. The molecular weight excluding hydrogens is 206 g/mol. The van der Waals surface area contributed by atoms with E-state index in [1.54, 1.807) is 19.0 Å². The first-order chi connectivity index (χ1) is 7.52. The maximum atomic E-state index is 11.6. The predicted octanol–water partition coefficient (Wildman–Crippen LogP) is -0.173. The lowest BCUT2D eigenvalue weighted by molar-refractivity contribution is -0.131. The molecule has 0 fully saturated rings. The minimum atomic E-state index is -0.176. The van der Waals surface area contributed by atoms with Crippen molar-refractivity contribution in [2.45, 2.75) is 20.3 Å². The van der Waals surface area contributed by atoms with Crippen LogP contribution in [-0.4, -0.2) is 50.4 Å². The van der Waals surface area contributed by atoms with Gasteiger partial charge in [0.15, 0.2) is 0 Å². The summed E-state index contributed by atoms with van der Waals surface area (Å²) >= 11 is 0. The summed E-state index contributed by atoms with van der Waals surface area (Å²) < 4.78 is 0. The number of carbonyl (C=O) groups excluding carboxylic acids is 2. The normalized spacial score (nSPS) is 12.0. The number of rotatable bonds is 7. The van der Waals surface area contributed by atoms with Crippen molar-refractivity contribution in [3.63, 3.8) is 0 Å². The number of hydrogen-bond donors (Lipinski definition) is 2. The van der Waals surface area contributed by atoms with E-state index in [1.165, 1.54) is 0 Å². The van der Waals surface area contributed by atoms with Crippen molar-refractivity contribution in [2.75, 3.05) is 33.7 Å². The van der Waals surface area contributed by atoms with Gasteiger partial charge in [0.1, 0.15) is 0 Å². The molecule has 2 N–H and O–H groups in total. The molecule has 5 heteroatoms. The Bertz CT molecular complexity index is 231. The molecule has 0 bridgehead atoms. The highest BCUT2D eigenvalue weighted by Gasteiger charge is 2.16. The molecule has 1 atom stereocenters. The first kappa shape index (κ1) is 14.9. The molecule has 1 unspecified atom stereocenters. The molecule has 2 amide bonds. The Morgan fingerprint density at radius 3 is 2.50 bits per heavy atom. The average Bonchev–Trinajstić information content (AvgIpc) is 2.27. The van der Waals surface area contributed by atoms with E-state index in [0.717, 1.165) is 13.0 Å². The maximum absolute atomic E-state index is 11.6. The third-order valence-electron chi connectivity index (χ3n) is 2.37. The monoisotopic (exact) mass is 229 g/mol. The summed E-state index contributed by atoms with van der Waals surface area (Å²) in [6, 6.07) is 0. The van der Waals surface area contributed by atoms with Crippen LogP contribution in [0.3, 0.4) is 0 Å². The van der Waals surface area contributed by atoms with E-state index in [-0.39, 0.29) is 17.7 Å². The summed E-state index contributed by atoms with van der Waals surface area (Å²) in [6.07, 6.45) is 1.01. The molecule has 5 nitrogen and oxygen atoms in total. The number of hydrogen-bond acceptors (Lipinski definition) is 3. The molecule has 16 heavy (non-hydrogen) atoms. The molecule has 0 saturated heterocycles. The topological polar surface area (TPSA) is 61.4 Å². The summed E-state index contributed by atoms with van der Waals surface area (Å²) in [7, 11) is 3.32. The molecule has 0 aromatic heterocycles. The van der Waals surface area contributed by atoms with Crippen LogP contribution in [0.1, 0.15) is 20.3 Å². The van der Waals surface area contributed by atoms with Gasteiger partial charge >= 0.3 is 0 Å². The van der Waals surface area contributed by atoms with Gasteiger partial charge in [0, 0.05) is 20.6 Å². The quantitative estimate of drug-likeness (QED) is 0.596. The van der Waals surface area contributed by atoms with E-state index < -0.39 is 0 Å². The molecule has 0 heterocycles. The van der Waals surface area contributed by atoms with Gasteiger partial charge in [0.05, 0.1) is 12.5 Å². The number of carbonyl (C=O) groups is 2. The lowest BCUT2D eigenvalue weighted by atomic mass is 10.1. The molecule has 0 aliphatic rings. The maximum Gasteiger partial charge on any atom is 0.236 e. The SMILES string of the molecule is CCCNCC(=O)N(C)CC(C)C(=O)NC. The van der Waals surface area contributed by atoms with Gasteiger partial charge in [0.2, 0.25) is 11.8 Å². The third kappa shape index (κ3) is 5.70. The highest BCUT2D eigenvalue weighted by atomic mass is 16.2.